The fourth-order valence-electron chi connectivity index (χ4n) is 1.69. The van der Waals surface area contributed by atoms with Gasteiger partial charge in [-0.15, -0.1) is 0 Å². The van der Waals surface area contributed by atoms with Crippen LogP contribution in [0.3, 0.4) is 0 Å². The highest BCUT2D eigenvalue weighted by Crippen LogP contribution is 2.23. The largest absolute Gasteiger partial charge is 0.349 e. The zero-order chi connectivity index (χ0) is 11.7. The Hall–Kier alpha value is -0.770. The number of hydrogen-bond acceptors (Lipinski definition) is 2. The van der Waals surface area contributed by atoms with E-state index in [1.54, 1.807) is 18.2 Å². The van der Waals surface area contributed by atoms with Gasteiger partial charge in [0.1, 0.15) is 0 Å². The van der Waals surface area contributed by atoms with E-state index in [4.69, 9.17) is 28.9 Å². The van der Waals surface area contributed by atoms with E-state index < -0.39 is 0 Å². The number of hydrogen-bond donors (Lipinski definition) is 2. The Morgan fingerprint density at radius 2 is 2.00 bits per heavy atom. The molecule has 1 aromatic carbocycles. The molecule has 1 fully saturated rings. The Balaban J connectivity index is 2.01. The standard InChI is InChI=1S/C11H12Cl2N2O/c12-9-2-1-6(3-10(9)13)11(16)15-8-4-7(14)5-8/h1-3,7-8H,4-5,14H2,(H,15,16). The lowest BCUT2D eigenvalue weighted by Gasteiger charge is -2.32. The Morgan fingerprint density at radius 3 is 2.56 bits per heavy atom. The number of benzene rings is 1. The number of rotatable bonds is 2. The van der Waals surface area contributed by atoms with Crippen LogP contribution in [0.4, 0.5) is 0 Å². The van der Waals surface area contributed by atoms with Gasteiger partial charge in [0, 0.05) is 17.6 Å². The van der Waals surface area contributed by atoms with Gasteiger partial charge in [-0.25, -0.2) is 0 Å². The van der Waals surface area contributed by atoms with E-state index in [1.165, 1.54) is 0 Å². The second-order valence-corrected chi connectivity index (χ2v) is 4.85. The van der Waals surface area contributed by atoms with Crippen LogP contribution in [0.1, 0.15) is 23.2 Å². The topological polar surface area (TPSA) is 55.1 Å². The highest BCUT2D eigenvalue weighted by molar-refractivity contribution is 6.42. The van der Waals surface area contributed by atoms with Crippen LogP contribution in [-0.4, -0.2) is 18.0 Å². The van der Waals surface area contributed by atoms with Gasteiger partial charge in [-0.2, -0.15) is 0 Å². The second kappa shape index (κ2) is 4.62. The number of nitrogens with two attached hydrogens (primary N) is 1. The summed E-state index contributed by atoms with van der Waals surface area (Å²) in [5, 5.41) is 3.73. The number of carbonyl (C=O) groups excluding carboxylic acids is 1. The van der Waals surface area contributed by atoms with Gasteiger partial charge in [0.15, 0.2) is 0 Å². The summed E-state index contributed by atoms with van der Waals surface area (Å²) < 4.78 is 0. The lowest BCUT2D eigenvalue weighted by Crippen LogP contribution is -2.50. The average Bonchev–Trinajstić information content (AvgIpc) is 2.19. The summed E-state index contributed by atoms with van der Waals surface area (Å²) >= 11 is 11.6. The molecular formula is C11H12Cl2N2O. The molecule has 5 heteroatoms. The van der Waals surface area contributed by atoms with E-state index in [9.17, 15) is 4.79 Å². The minimum atomic E-state index is -0.129. The maximum atomic E-state index is 11.8. The third-order valence-electron chi connectivity index (χ3n) is 2.69. The number of carbonyl (C=O) groups is 1. The Morgan fingerprint density at radius 1 is 1.31 bits per heavy atom. The molecule has 1 aliphatic carbocycles. The third-order valence-corrected chi connectivity index (χ3v) is 3.43. The fourth-order valence-corrected chi connectivity index (χ4v) is 1.98. The minimum Gasteiger partial charge on any atom is -0.349 e. The molecule has 1 aliphatic rings. The zero-order valence-electron chi connectivity index (χ0n) is 8.54. The average molecular weight is 259 g/mol. The van der Waals surface area contributed by atoms with Crippen molar-refractivity contribution in [3.8, 4) is 0 Å². The molecule has 86 valence electrons. The first kappa shape index (κ1) is 11.7. The van der Waals surface area contributed by atoms with Crippen molar-refractivity contribution in [2.75, 3.05) is 0 Å². The molecule has 1 amide bonds. The SMILES string of the molecule is NC1CC(NC(=O)c2ccc(Cl)c(Cl)c2)C1. The van der Waals surface area contributed by atoms with E-state index in [1.807, 2.05) is 0 Å². The van der Waals surface area contributed by atoms with Crippen molar-refractivity contribution in [2.24, 2.45) is 5.73 Å². The molecule has 16 heavy (non-hydrogen) atoms. The minimum absolute atomic E-state index is 0.129. The number of halogens is 2. The zero-order valence-corrected chi connectivity index (χ0v) is 10.1. The molecule has 0 atom stereocenters. The van der Waals surface area contributed by atoms with Crippen molar-refractivity contribution in [1.29, 1.82) is 0 Å². The summed E-state index contributed by atoms with van der Waals surface area (Å²) in [5.74, 6) is -0.129. The summed E-state index contributed by atoms with van der Waals surface area (Å²) in [5.41, 5.74) is 6.16. The predicted octanol–water partition coefficient (Wildman–Crippen LogP) is 2.21. The van der Waals surface area contributed by atoms with E-state index in [-0.39, 0.29) is 18.0 Å². The van der Waals surface area contributed by atoms with Crippen molar-refractivity contribution >= 4 is 29.1 Å². The molecular weight excluding hydrogens is 247 g/mol. The van der Waals surface area contributed by atoms with Crippen molar-refractivity contribution in [2.45, 2.75) is 24.9 Å². The van der Waals surface area contributed by atoms with Gasteiger partial charge in [0.2, 0.25) is 0 Å². The third kappa shape index (κ3) is 2.48. The Kier molecular flexibility index (Phi) is 3.38. The summed E-state index contributed by atoms with van der Waals surface area (Å²) in [4.78, 5) is 11.8. The van der Waals surface area contributed by atoms with Gasteiger partial charge in [-0.05, 0) is 31.0 Å². The highest BCUT2D eigenvalue weighted by atomic mass is 35.5. The van der Waals surface area contributed by atoms with Gasteiger partial charge in [-0.1, -0.05) is 23.2 Å². The number of amides is 1. The van der Waals surface area contributed by atoms with Crippen molar-refractivity contribution < 1.29 is 4.79 Å². The molecule has 1 aromatic rings. The molecule has 3 N–H and O–H groups in total. The molecule has 0 bridgehead atoms. The predicted molar refractivity (Wildman–Crippen MR) is 64.9 cm³/mol. The van der Waals surface area contributed by atoms with Crippen molar-refractivity contribution in [3.63, 3.8) is 0 Å². The first-order valence-corrected chi connectivity index (χ1v) is 5.83. The summed E-state index contributed by atoms with van der Waals surface area (Å²) in [6, 6.07) is 5.25. The van der Waals surface area contributed by atoms with E-state index >= 15 is 0 Å². The monoisotopic (exact) mass is 258 g/mol. The molecule has 0 aromatic heterocycles. The first-order chi connectivity index (χ1) is 7.56. The molecule has 1 saturated carbocycles. The Labute approximate surface area is 104 Å². The Bertz CT molecular complexity index is 416. The summed E-state index contributed by atoms with van der Waals surface area (Å²) in [6.45, 7) is 0. The molecule has 0 unspecified atom stereocenters. The normalized spacial score (nSPS) is 23.7. The van der Waals surface area contributed by atoms with Crippen LogP contribution in [0.25, 0.3) is 0 Å². The van der Waals surface area contributed by atoms with E-state index in [0.717, 1.165) is 12.8 Å². The van der Waals surface area contributed by atoms with Crippen LogP contribution in [0, 0.1) is 0 Å². The maximum absolute atomic E-state index is 11.8. The van der Waals surface area contributed by atoms with Gasteiger partial charge in [0.25, 0.3) is 5.91 Å². The molecule has 0 saturated heterocycles. The summed E-state index contributed by atoms with van der Waals surface area (Å²) in [6.07, 6.45) is 1.68. The molecule has 0 aliphatic heterocycles. The highest BCUT2D eigenvalue weighted by Gasteiger charge is 2.27. The lowest BCUT2D eigenvalue weighted by molar-refractivity contribution is 0.0910. The summed E-state index contributed by atoms with van der Waals surface area (Å²) in [7, 11) is 0. The van der Waals surface area contributed by atoms with E-state index in [2.05, 4.69) is 5.32 Å². The van der Waals surface area contributed by atoms with Crippen LogP contribution < -0.4 is 11.1 Å². The molecule has 3 nitrogen and oxygen atoms in total. The van der Waals surface area contributed by atoms with Crippen LogP contribution in [0.15, 0.2) is 18.2 Å². The quantitative estimate of drug-likeness (QED) is 0.855. The second-order valence-electron chi connectivity index (χ2n) is 4.03. The van der Waals surface area contributed by atoms with Crippen LogP contribution in [0.5, 0.6) is 0 Å². The number of nitrogens with one attached hydrogen (secondary N) is 1. The van der Waals surface area contributed by atoms with E-state index in [0.29, 0.717) is 15.6 Å². The molecule has 0 heterocycles. The molecule has 0 radical (unpaired) electrons. The fraction of sp³-hybridized carbons (Fsp3) is 0.364. The van der Waals surface area contributed by atoms with Gasteiger partial charge in [0.05, 0.1) is 10.0 Å². The lowest BCUT2D eigenvalue weighted by atomic mass is 9.87. The molecule has 0 spiro atoms. The van der Waals surface area contributed by atoms with Crippen molar-refractivity contribution in [1.82, 2.24) is 5.32 Å². The van der Waals surface area contributed by atoms with Gasteiger partial charge < -0.3 is 11.1 Å². The smallest absolute Gasteiger partial charge is 0.251 e. The van der Waals surface area contributed by atoms with Gasteiger partial charge in [-0.3, -0.25) is 4.79 Å². The first-order valence-electron chi connectivity index (χ1n) is 5.08. The van der Waals surface area contributed by atoms with Crippen LogP contribution >= 0.6 is 23.2 Å². The van der Waals surface area contributed by atoms with Crippen molar-refractivity contribution in [3.05, 3.63) is 33.8 Å². The van der Waals surface area contributed by atoms with Crippen LogP contribution in [0.2, 0.25) is 10.0 Å². The maximum Gasteiger partial charge on any atom is 0.251 e. The van der Waals surface area contributed by atoms with Crippen LogP contribution in [-0.2, 0) is 0 Å². The molecule has 2 rings (SSSR count). The van der Waals surface area contributed by atoms with Gasteiger partial charge >= 0.3 is 0 Å².